The smallest absolute Gasteiger partial charge is 0.338 e. The monoisotopic (exact) mass is 374 g/mol. The maximum atomic E-state index is 11.9. The summed E-state index contributed by atoms with van der Waals surface area (Å²) in [6, 6.07) is 9.15. The zero-order chi connectivity index (χ0) is 19.2. The molecule has 0 amide bonds. The molecule has 2 unspecified atom stereocenters. The molecule has 0 aromatic heterocycles. The Morgan fingerprint density at radius 2 is 1.37 bits per heavy atom. The number of epoxide rings is 1. The Bertz CT molecular complexity index is 500. The summed E-state index contributed by atoms with van der Waals surface area (Å²) in [5, 5.41) is 0. The van der Waals surface area contributed by atoms with Gasteiger partial charge in [0, 0.05) is 0 Å². The summed E-state index contributed by atoms with van der Waals surface area (Å²) in [5.41, 5.74) is 0.607. The standard InChI is InChI=1S/C24H38O3/c1-2-3-4-5-6-7-8-9-10-11-12-16-19-22-23(27-22)20-26-24(25)21-17-14-13-15-18-21/h13-15,17-18,22-23H,2-12,16,19-20H2,1H3. The molecule has 1 fully saturated rings. The molecule has 2 rings (SSSR count). The van der Waals surface area contributed by atoms with Crippen LogP contribution in [-0.4, -0.2) is 24.8 Å². The number of ether oxygens (including phenoxy) is 2. The molecular formula is C24H38O3. The highest BCUT2D eigenvalue weighted by Crippen LogP contribution is 2.28. The van der Waals surface area contributed by atoms with Crippen molar-refractivity contribution >= 4 is 5.97 Å². The molecule has 3 heteroatoms. The summed E-state index contributed by atoms with van der Waals surface area (Å²) in [5.74, 6) is -0.254. The van der Waals surface area contributed by atoms with Gasteiger partial charge < -0.3 is 9.47 Å². The lowest BCUT2D eigenvalue weighted by atomic mass is 10.0. The van der Waals surface area contributed by atoms with Crippen molar-refractivity contribution < 1.29 is 14.3 Å². The van der Waals surface area contributed by atoms with Crippen LogP contribution in [0.4, 0.5) is 0 Å². The van der Waals surface area contributed by atoms with Crippen LogP contribution in [-0.2, 0) is 9.47 Å². The van der Waals surface area contributed by atoms with Gasteiger partial charge in [-0.05, 0) is 18.6 Å². The Labute approximate surface area is 165 Å². The molecule has 1 aliphatic rings. The number of esters is 1. The summed E-state index contributed by atoms with van der Waals surface area (Å²) in [6.07, 6.45) is 18.0. The van der Waals surface area contributed by atoms with Gasteiger partial charge in [0.05, 0.1) is 11.7 Å². The Kier molecular flexibility index (Phi) is 11.2. The van der Waals surface area contributed by atoms with Crippen molar-refractivity contribution in [3.05, 3.63) is 35.9 Å². The summed E-state index contributed by atoms with van der Waals surface area (Å²) in [6.45, 7) is 2.66. The third-order valence-electron chi connectivity index (χ3n) is 5.42. The lowest BCUT2D eigenvalue weighted by molar-refractivity contribution is 0.0476. The van der Waals surface area contributed by atoms with E-state index in [2.05, 4.69) is 6.92 Å². The first-order valence-electron chi connectivity index (χ1n) is 11.2. The van der Waals surface area contributed by atoms with E-state index in [1.807, 2.05) is 18.2 Å². The minimum Gasteiger partial charge on any atom is -0.459 e. The molecule has 3 nitrogen and oxygen atoms in total. The summed E-state index contributed by atoms with van der Waals surface area (Å²) in [4.78, 5) is 11.9. The van der Waals surface area contributed by atoms with Crippen LogP contribution in [0.15, 0.2) is 30.3 Å². The fourth-order valence-electron chi connectivity index (χ4n) is 3.58. The van der Waals surface area contributed by atoms with Crippen LogP contribution in [0.25, 0.3) is 0 Å². The van der Waals surface area contributed by atoms with Crippen molar-refractivity contribution in [2.24, 2.45) is 0 Å². The van der Waals surface area contributed by atoms with Gasteiger partial charge in [-0.3, -0.25) is 0 Å². The molecule has 0 aliphatic carbocycles. The number of carbonyl (C=O) groups is 1. The van der Waals surface area contributed by atoms with Gasteiger partial charge in [0.2, 0.25) is 0 Å². The fourth-order valence-corrected chi connectivity index (χ4v) is 3.58. The van der Waals surface area contributed by atoms with Gasteiger partial charge in [-0.15, -0.1) is 0 Å². The van der Waals surface area contributed by atoms with Gasteiger partial charge in [0.15, 0.2) is 0 Å². The molecule has 1 heterocycles. The first-order chi connectivity index (χ1) is 13.3. The molecule has 0 N–H and O–H groups in total. The van der Waals surface area contributed by atoms with Crippen LogP contribution in [0.3, 0.4) is 0 Å². The summed E-state index contributed by atoms with van der Waals surface area (Å²) in [7, 11) is 0. The second-order valence-corrected chi connectivity index (χ2v) is 7.86. The zero-order valence-corrected chi connectivity index (χ0v) is 17.2. The van der Waals surface area contributed by atoms with E-state index in [0.29, 0.717) is 18.3 Å². The summed E-state index contributed by atoms with van der Waals surface area (Å²) < 4.78 is 11.0. The van der Waals surface area contributed by atoms with Crippen LogP contribution in [0, 0.1) is 0 Å². The van der Waals surface area contributed by atoms with E-state index in [9.17, 15) is 4.79 Å². The summed E-state index contributed by atoms with van der Waals surface area (Å²) >= 11 is 0. The van der Waals surface area contributed by atoms with Crippen molar-refractivity contribution in [3.8, 4) is 0 Å². The highest BCUT2D eigenvalue weighted by molar-refractivity contribution is 5.89. The Morgan fingerprint density at radius 3 is 1.96 bits per heavy atom. The molecule has 0 bridgehead atoms. The molecule has 1 aromatic rings. The Hall–Kier alpha value is -1.35. The van der Waals surface area contributed by atoms with E-state index in [4.69, 9.17) is 9.47 Å². The van der Waals surface area contributed by atoms with Crippen LogP contribution in [0.1, 0.15) is 101 Å². The van der Waals surface area contributed by atoms with Crippen LogP contribution in [0.5, 0.6) is 0 Å². The van der Waals surface area contributed by atoms with Crippen molar-refractivity contribution in [2.75, 3.05) is 6.61 Å². The van der Waals surface area contributed by atoms with Crippen molar-refractivity contribution in [2.45, 2.75) is 103 Å². The van der Waals surface area contributed by atoms with E-state index in [0.717, 1.165) is 6.42 Å². The molecule has 2 atom stereocenters. The van der Waals surface area contributed by atoms with E-state index < -0.39 is 0 Å². The van der Waals surface area contributed by atoms with E-state index >= 15 is 0 Å². The van der Waals surface area contributed by atoms with Crippen LogP contribution in [0.2, 0.25) is 0 Å². The van der Waals surface area contributed by atoms with Gasteiger partial charge in [-0.1, -0.05) is 102 Å². The lowest BCUT2D eigenvalue weighted by Crippen LogP contribution is -2.11. The predicted octanol–water partition coefficient (Wildman–Crippen LogP) is 6.70. The lowest BCUT2D eigenvalue weighted by Gasteiger charge is -2.03. The van der Waals surface area contributed by atoms with Gasteiger partial charge in [0.25, 0.3) is 0 Å². The molecular weight excluding hydrogens is 336 g/mol. The van der Waals surface area contributed by atoms with E-state index in [1.165, 1.54) is 77.0 Å². The number of hydrogen-bond acceptors (Lipinski definition) is 3. The Morgan fingerprint density at radius 1 is 0.815 bits per heavy atom. The fraction of sp³-hybridized carbons (Fsp3) is 0.708. The molecule has 0 radical (unpaired) electrons. The first-order valence-corrected chi connectivity index (χ1v) is 11.2. The van der Waals surface area contributed by atoms with Gasteiger partial charge >= 0.3 is 5.97 Å². The van der Waals surface area contributed by atoms with Gasteiger partial charge in [-0.25, -0.2) is 4.79 Å². The highest BCUT2D eigenvalue weighted by Gasteiger charge is 2.39. The largest absolute Gasteiger partial charge is 0.459 e. The third-order valence-corrected chi connectivity index (χ3v) is 5.42. The molecule has 1 aliphatic heterocycles. The Balaban J connectivity index is 1.35. The molecule has 0 spiro atoms. The van der Waals surface area contributed by atoms with Gasteiger partial charge in [0.1, 0.15) is 12.7 Å². The predicted molar refractivity (Wildman–Crippen MR) is 111 cm³/mol. The molecule has 1 aromatic carbocycles. The topological polar surface area (TPSA) is 38.8 Å². The molecule has 0 saturated carbocycles. The number of rotatable bonds is 16. The number of carbonyl (C=O) groups excluding carboxylic acids is 1. The van der Waals surface area contributed by atoms with Crippen LogP contribution < -0.4 is 0 Å². The maximum absolute atomic E-state index is 11.9. The van der Waals surface area contributed by atoms with Crippen molar-refractivity contribution in [3.63, 3.8) is 0 Å². The maximum Gasteiger partial charge on any atom is 0.338 e. The van der Waals surface area contributed by atoms with E-state index in [1.54, 1.807) is 12.1 Å². The SMILES string of the molecule is CCCCCCCCCCCCCCC1OC1COC(=O)c1ccccc1. The van der Waals surface area contributed by atoms with E-state index in [-0.39, 0.29) is 12.1 Å². The third kappa shape index (κ3) is 9.95. The van der Waals surface area contributed by atoms with Gasteiger partial charge in [-0.2, -0.15) is 0 Å². The minimum absolute atomic E-state index is 0.116. The molecule has 152 valence electrons. The van der Waals surface area contributed by atoms with Crippen molar-refractivity contribution in [1.82, 2.24) is 0 Å². The second-order valence-electron chi connectivity index (χ2n) is 7.86. The average Bonchev–Trinajstić information content (AvgIpc) is 3.46. The number of hydrogen-bond donors (Lipinski definition) is 0. The molecule has 27 heavy (non-hydrogen) atoms. The highest BCUT2D eigenvalue weighted by atomic mass is 16.6. The quantitative estimate of drug-likeness (QED) is 0.183. The zero-order valence-electron chi connectivity index (χ0n) is 17.2. The second kappa shape index (κ2) is 13.8. The number of benzene rings is 1. The first kappa shape index (κ1) is 21.9. The van der Waals surface area contributed by atoms with Crippen LogP contribution >= 0.6 is 0 Å². The normalized spacial score (nSPS) is 18.4. The number of unbranched alkanes of at least 4 members (excludes halogenated alkanes) is 11. The minimum atomic E-state index is -0.254. The molecule has 1 saturated heterocycles. The average molecular weight is 375 g/mol. The van der Waals surface area contributed by atoms with Crippen molar-refractivity contribution in [1.29, 1.82) is 0 Å².